The molecule has 56 heavy (non-hydrogen) atoms. The smallest absolute Gasteiger partial charge is 0.410 e. The lowest BCUT2D eigenvalue weighted by molar-refractivity contribution is 0.00720. The molecule has 2 aromatic carbocycles. The normalized spacial score (nSPS) is 27.1. The first-order valence-corrected chi connectivity index (χ1v) is 19.7. The second-order valence-electron chi connectivity index (χ2n) is 17.8. The van der Waals surface area contributed by atoms with Gasteiger partial charge in [-0.15, -0.1) is 6.42 Å². The van der Waals surface area contributed by atoms with Gasteiger partial charge in [0.05, 0.1) is 40.3 Å². The Labute approximate surface area is 323 Å². The number of rotatable bonds is 6. The van der Waals surface area contributed by atoms with Gasteiger partial charge in [-0.3, -0.25) is 9.80 Å². The fourth-order valence-corrected chi connectivity index (χ4v) is 10.7. The molecule has 4 fully saturated rings. The van der Waals surface area contributed by atoms with Gasteiger partial charge in [0.15, 0.2) is 5.82 Å². The monoisotopic (exact) mass is 770 g/mol. The molecule has 2 aromatic heterocycles. The van der Waals surface area contributed by atoms with Crippen LogP contribution in [-0.4, -0.2) is 92.8 Å². The first-order valence-electron chi connectivity index (χ1n) is 19.7. The molecule has 0 unspecified atom stereocenters. The number of fused-ring (bicyclic) bond motifs is 7. The molecule has 5 aliphatic rings. The van der Waals surface area contributed by atoms with Crippen molar-refractivity contribution in [2.24, 2.45) is 5.41 Å². The van der Waals surface area contributed by atoms with E-state index in [0.717, 1.165) is 32.2 Å². The highest BCUT2D eigenvalue weighted by Crippen LogP contribution is 2.51. The van der Waals surface area contributed by atoms with E-state index in [2.05, 4.69) is 15.7 Å². The number of nitrogens with zero attached hydrogens (tertiary/aromatic N) is 6. The summed E-state index contributed by atoms with van der Waals surface area (Å²) in [5.41, 5.74) is -0.735. The number of benzene rings is 2. The maximum atomic E-state index is 17.4. The molecule has 0 aliphatic carbocycles. The van der Waals surface area contributed by atoms with Gasteiger partial charge in [0, 0.05) is 30.5 Å². The van der Waals surface area contributed by atoms with Gasteiger partial charge in [-0.05, 0) is 89.1 Å². The number of anilines is 1. The van der Waals surface area contributed by atoms with Gasteiger partial charge in [-0.2, -0.15) is 9.97 Å². The van der Waals surface area contributed by atoms with E-state index in [1.807, 2.05) is 32.6 Å². The van der Waals surface area contributed by atoms with Gasteiger partial charge in [-0.1, -0.05) is 37.1 Å². The molecular formula is C43H46F4N6O3. The van der Waals surface area contributed by atoms with Crippen molar-refractivity contribution in [2.75, 3.05) is 31.1 Å². The number of pyridine rings is 1. The van der Waals surface area contributed by atoms with Crippen LogP contribution < -0.4 is 9.64 Å². The molecule has 4 saturated heterocycles. The Kier molecular flexibility index (Phi) is 8.69. The standard InChI is InChI=1S/C43H46F4N6O3/c1-6-26-28(44)13-11-24-9-7-10-27(33(24)26)36-35(47)37-34-29(48-36)14-16-30-31-15-12-25(53(31)40(54)56-41(2,3)4)20-52(30)38(34)50-39(49-37)55-23-43-17-8-18-51(43)22-42(5,21-43)19-32(45)46/h1,7,9-11,13,25,30-32H,8,12,14-23H2,2-5H3/t25-,30-,31+,42+,43+/m1/s1. The molecule has 0 spiro atoms. The number of halogens is 4. The molecule has 0 N–H and O–H groups in total. The molecule has 2 bridgehead atoms. The van der Waals surface area contributed by atoms with E-state index >= 15 is 8.78 Å². The van der Waals surface area contributed by atoms with Crippen molar-refractivity contribution in [1.82, 2.24) is 24.8 Å². The largest absolute Gasteiger partial charge is 0.461 e. The number of carbonyl (C=O) groups excluding carboxylic acids is 1. The molecule has 9 rings (SSSR count). The van der Waals surface area contributed by atoms with Crippen LogP contribution in [0.2, 0.25) is 0 Å². The quantitative estimate of drug-likeness (QED) is 0.143. The van der Waals surface area contributed by atoms with Crippen LogP contribution in [0.15, 0.2) is 30.3 Å². The number of terminal acetylenes is 1. The van der Waals surface area contributed by atoms with E-state index in [-0.39, 0.29) is 60.0 Å². The van der Waals surface area contributed by atoms with E-state index in [1.54, 1.807) is 24.3 Å². The molecule has 294 valence electrons. The minimum absolute atomic E-state index is 0.00769. The lowest BCUT2D eigenvalue weighted by Gasteiger charge is -2.47. The molecular weight excluding hydrogens is 725 g/mol. The zero-order valence-corrected chi connectivity index (χ0v) is 32.2. The molecule has 5 aliphatic heterocycles. The highest BCUT2D eigenvalue weighted by molar-refractivity contribution is 6.03. The van der Waals surface area contributed by atoms with Crippen LogP contribution >= 0.6 is 0 Å². The number of carbonyl (C=O) groups is 1. The van der Waals surface area contributed by atoms with Gasteiger partial charge in [0.1, 0.15) is 35.1 Å². The highest BCUT2D eigenvalue weighted by Gasteiger charge is 2.55. The third-order valence-electron chi connectivity index (χ3n) is 12.8. The minimum Gasteiger partial charge on any atom is -0.461 e. The Balaban J connectivity index is 1.17. The molecule has 7 heterocycles. The number of amides is 1. The van der Waals surface area contributed by atoms with Gasteiger partial charge in [-0.25, -0.2) is 27.3 Å². The molecule has 9 nitrogen and oxygen atoms in total. The maximum absolute atomic E-state index is 17.4. The van der Waals surface area contributed by atoms with Crippen molar-refractivity contribution >= 4 is 33.6 Å². The Morgan fingerprint density at radius 1 is 1.07 bits per heavy atom. The SMILES string of the molecule is C#Cc1c(F)ccc2cccc(-c3nc4c5c(nc(OC[C@@]67CCCN6C[C@@](C)(CC(F)F)C7)nc5c3F)N3C[C@H]5CC[C@@H]([C@H]3CC4)N5C(=O)OC(C)(C)C)c12. The van der Waals surface area contributed by atoms with Crippen LogP contribution in [0.3, 0.4) is 0 Å². The molecule has 5 atom stereocenters. The van der Waals surface area contributed by atoms with Crippen molar-refractivity contribution in [1.29, 1.82) is 0 Å². The van der Waals surface area contributed by atoms with Crippen LogP contribution in [0.5, 0.6) is 6.01 Å². The summed E-state index contributed by atoms with van der Waals surface area (Å²) >= 11 is 0. The summed E-state index contributed by atoms with van der Waals surface area (Å²) in [6.45, 7) is 9.44. The zero-order chi connectivity index (χ0) is 39.3. The average Bonchev–Trinajstić information content (AvgIpc) is 3.72. The summed E-state index contributed by atoms with van der Waals surface area (Å²) < 4.78 is 72.3. The number of aryl methyl sites for hydroxylation is 1. The topological polar surface area (TPSA) is 83.9 Å². The van der Waals surface area contributed by atoms with Gasteiger partial charge < -0.3 is 14.4 Å². The minimum atomic E-state index is -2.41. The number of ether oxygens (including phenoxy) is 2. The Morgan fingerprint density at radius 3 is 2.66 bits per heavy atom. The number of alkyl halides is 2. The predicted molar refractivity (Wildman–Crippen MR) is 205 cm³/mol. The number of hydrogen-bond acceptors (Lipinski definition) is 8. The molecule has 0 radical (unpaired) electrons. The Bertz CT molecular complexity index is 2310. The van der Waals surface area contributed by atoms with Crippen molar-refractivity contribution in [3.05, 3.63) is 53.2 Å². The second kappa shape index (κ2) is 13.2. The fraction of sp³-hybridized carbons (Fsp3) is 0.535. The molecule has 0 saturated carbocycles. The first-order chi connectivity index (χ1) is 26.7. The first kappa shape index (κ1) is 36.9. The number of aromatic nitrogens is 3. The molecule has 1 amide bonds. The van der Waals surface area contributed by atoms with E-state index in [0.29, 0.717) is 65.6 Å². The van der Waals surface area contributed by atoms with Crippen LogP contribution in [0, 0.1) is 29.4 Å². The van der Waals surface area contributed by atoms with E-state index in [9.17, 15) is 13.6 Å². The van der Waals surface area contributed by atoms with E-state index in [4.69, 9.17) is 30.8 Å². The third-order valence-corrected chi connectivity index (χ3v) is 12.8. The summed E-state index contributed by atoms with van der Waals surface area (Å²) in [6, 6.07) is 7.64. The van der Waals surface area contributed by atoms with Gasteiger partial charge in [0.2, 0.25) is 6.43 Å². The number of piperazine rings is 1. The zero-order valence-electron chi connectivity index (χ0n) is 32.2. The summed E-state index contributed by atoms with van der Waals surface area (Å²) in [6.07, 6.45) is 7.72. The van der Waals surface area contributed by atoms with Gasteiger partial charge in [0.25, 0.3) is 0 Å². The van der Waals surface area contributed by atoms with Crippen LogP contribution in [0.4, 0.5) is 28.2 Å². The van der Waals surface area contributed by atoms with Crippen molar-refractivity contribution < 1.29 is 31.8 Å². The van der Waals surface area contributed by atoms with E-state index in [1.165, 1.54) is 6.07 Å². The summed E-state index contributed by atoms with van der Waals surface area (Å²) in [5, 5.41) is 1.49. The van der Waals surface area contributed by atoms with Crippen LogP contribution in [-0.2, 0) is 11.2 Å². The average molecular weight is 771 g/mol. The molecule has 4 aromatic rings. The predicted octanol–water partition coefficient (Wildman–Crippen LogP) is 8.29. The lowest BCUT2D eigenvalue weighted by Crippen LogP contribution is -2.62. The second-order valence-corrected chi connectivity index (χ2v) is 17.8. The Morgan fingerprint density at radius 2 is 1.89 bits per heavy atom. The highest BCUT2D eigenvalue weighted by atomic mass is 19.3. The van der Waals surface area contributed by atoms with E-state index < -0.39 is 34.6 Å². The van der Waals surface area contributed by atoms with Crippen molar-refractivity contribution in [3.8, 4) is 29.6 Å². The summed E-state index contributed by atoms with van der Waals surface area (Å²) in [5.74, 6) is 1.65. The van der Waals surface area contributed by atoms with Crippen molar-refractivity contribution in [2.45, 2.75) is 115 Å². The van der Waals surface area contributed by atoms with Crippen molar-refractivity contribution in [3.63, 3.8) is 0 Å². The van der Waals surface area contributed by atoms with Crippen LogP contribution in [0.1, 0.15) is 83.9 Å². The number of hydrogen-bond donors (Lipinski definition) is 0. The lowest BCUT2D eigenvalue weighted by atomic mass is 9.79. The third kappa shape index (κ3) is 6.01. The molecule has 13 heteroatoms. The Hall–Kier alpha value is -4.70. The summed E-state index contributed by atoms with van der Waals surface area (Å²) in [4.78, 5) is 34.7. The maximum Gasteiger partial charge on any atom is 0.410 e. The fourth-order valence-electron chi connectivity index (χ4n) is 10.7. The summed E-state index contributed by atoms with van der Waals surface area (Å²) in [7, 11) is 0. The van der Waals surface area contributed by atoms with Crippen LogP contribution in [0.25, 0.3) is 32.9 Å². The van der Waals surface area contributed by atoms with Gasteiger partial charge >= 0.3 is 12.1 Å².